The van der Waals surface area contributed by atoms with Gasteiger partial charge in [-0.05, 0) is 31.5 Å². The average molecular weight is 361 g/mol. The van der Waals surface area contributed by atoms with Crippen LogP contribution in [0.4, 0.5) is 0 Å². The average Bonchev–Trinajstić information content (AvgIpc) is 2.59. The van der Waals surface area contributed by atoms with Crippen molar-refractivity contribution in [2.75, 3.05) is 6.54 Å². The topological polar surface area (TPSA) is 72.5 Å². The minimum atomic E-state index is -3.67. The van der Waals surface area contributed by atoms with Crippen molar-refractivity contribution in [2.24, 2.45) is 0 Å². The molecule has 0 fully saturated rings. The number of nitrogens with one attached hydrogen (secondary N) is 1. The van der Waals surface area contributed by atoms with E-state index in [0.29, 0.717) is 0 Å². The maximum Gasteiger partial charge on any atom is 0.306 e. The summed E-state index contributed by atoms with van der Waals surface area (Å²) in [6.07, 6.45) is -0.444. The van der Waals surface area contributed by atoms with Gasteiger partial charge in [0.05, 0.1) is 11.4 Å². The van der Waals surface area contributed by atoms with Crippen LogP contribution in [-0.2, 0) is 19.6 Å². The summed E-state index contributed by atoms with van der Waals surface area (Å²) < 4.78 is 32.8. The Morgan fingerprint density at radius 2 is 1.52 bits per heavy atom. The first-order valence-corrected chi connectivity index (χ1v) is 9.62. The number of hydrogen-bond acceptors (Lipinski definition) is 4. The van der Waals surface area contributed by atoms with E-state index in [2.05, 4.69) is 4.72 Å². The first-order valence-electron chi connectivity index (χ1n) is 8.14. The second-order valence-electron chi connectivity index (χ2n) is 5.91. The molecule has 0 aliphatic rings. The van der Waals surface area contributed by atoms with Gasteiger partial charge in [0.1, 0.15) is 6.10 Å². The Morgan fingerprint density at radius 3 is 2.04 bits per heavy atom. The van der Waals surface area contributed by atoms with Gasteiger partial charge in [-0.25, -0.2) is 13.1 Å². The summed E-state index contributed by atoms with van der Waals surface area (Å²) in [5, 5.41) is 0. The Morgan fingerprint density at radius 1 is 1.00 bits per heavy atom. The summed E-state index contributed by atoms with van der Waals surface area (Å²) in [5.74, 6) is -0.375. The zero-order valence-electron chi connectivity index (χ0n) is 14.7. The van der Waals surface area contributed by atoms with Gasteiger partial charge in [-0.3, -0.25) is 4.79 Å². The molecule has 0 bridgehead atoms. The second-order valence-corrected chi connectivity index (χ2v) is 7.67. The van der Waals surface area contributed by atoms with Crippen molar-refractivity contribution >= 4 is 16.0 Å². The molecule has 1 atom stereocenters. The summed E-state index contributed by atoms with van der Waals surface area (Å²) in [6.45, 7) is 5.52. The van der Waals surface area contributed by atoms with Crippen LogP contribution >= 0.6 is 0 Å². The lowest BCUT2D eigenvalue weighted by Crippen LogP contribution is -2.30. The van der Waals surface area contributed by atoms with Gasteiger partial charge in [-0.2, -0.15) is 0 Å². The number of benzene rings is 2. The molecule has 2 rings (SSSR count). The van der Waals surface area contributed by atoms with E-state index >= 15 is 0 Å². The summed E-state index contributed by atoms with van der Waals surface area (Å²) in [4.78, 5) is 11.9. The van der Waals surface area contributed by atoms with Crippen molar-refractivity contribution in [3.05, 3.63) is 65.2 Å². The quantitative estimate of drug-likeness (QED) is 0.768. The van der Waals surface area contributed by atoms with Crippen LogP contribution in [0.5, 0.6) is 0 Å². The molecule has 0 saturated carbocycles. The van der Waals surface area contributed by atoms with Crippen LogP contribution in [0.2, 0.25) is 0 Å². The number of sulfonamides is 1. The van der Waals surface area contributed by atoms with Crippen molar-refractivity contribution in [1.29, 1.82) is 0 Å². The summed E-state index contributed by atoms with van der Waals surface area (Å²) in [7, 11) is -3.67. The van der Waals surface area contributed by atoms with Crippen LogP contribution in [0.25, 0.3) is 0 Å². The SMILES string of the molecule is CCC(=O)OC(CNS(=O)(=O)c1ccc(C)cc1)c1ccc(C)cc1. The minimum Gasteiger partial charge on any atom is -0.456 e. The predicted octanol–water partition coefficient (Wildman–Crippen LogP) is 3.28. The van der Waals surface area contributed by atoms with Crippen LogP contribution in [0, 0.1) is 13.8 Å². The molecule has 5 nitrogen and oxygen atoms in total. The van der Waals surface area contributed by atoms with Crippen molar-refractivity contribution in [3.63, 3.8) is 0 Å². The monoisotopic (exact) mass is 361 g/mol. The maximum absolute atomic E-state index is 12.4. The lowest BCUT2D eigenvalue weighted by Gasteiger charge is -2.19. The molecule has 0 aliphatic carbocycles. The molecule has 2 aromatic carbocycles. The molecule has 0 amide bonds. The lowest BCUT2D eigenvalue weighted by atomic mass is 10.1. The van der Waals surface area contributed by atoms with E-state index in [0.717, 1.165) is 16.7 Å². The number of esters is 1. The first kappa shape index (κ1) is 19.1. The van der Waals surface area contributed by atoms with E-state index in [4.69, 9.17) is 4.74 Å². The van der Waals surface area contributed by atoms with Crippen LogP contribution < -0.4 is 4.72 Å². The summed E-state index contributed by atoms with van der Waals surface area (Å²) in [6, 6.07) is 14.1. The molecular formula is C19H23NO4S. The molecule has 0 spiro atoms. The molecule has 6 heteroatoms. The Kier molecular flexibility index (Phi) is 6.33. The van der Waals surface area contributed by atoms with Crippen LogP contribution in [0.3, 0.4) is 0 Å². The molecule has 2 aromatic rings. The van der Waals surface area contributed by atoms with E-state index in [1.54, 1.807) is 31.2 Å². The third-order valence-corrected chi connectivity index (χ3v) is 5.24. The van der Waals surface area contributed by atoms with Crippen LogP contribution in [-0.4, -0.2) is 20.9 Å². The predicted molar refractivity (Wildman–Crippen MR) is 96.7 cm³/mol. The van der Waals surface area contributed by atoms with E-state index in [9.17, 15) is 13.2 Å². The standard InChI is InChI=1S/C19H23NO4S/c1-4-19(21)24-18(16-9-5-14(2)6-10-16)13-20-25(22,23)17-11-7-15(3)8-12-17/h5-12,18,20H,4,13H2,1-3H3. The highest BCUT2D eigenvalue weighted by molar-refractivity contribution is 7.89. The highest BCUT2D eigenvalue weighted by Crippen LogP contribution is 2.19. The molecule has 1 unspecified atom stereocenters. The van der Waals surface area contributed by atoms with Gasteiger partial charge in [0.2, 0.25) is 10.0 Å². The normalized spacial score (nSPS) is 12.6. The molecule has 134 valence electrons. The fourth-order valence-electron chi connectivity index (χ4n) is 2.24. The number of rotatable bonds is 7. The minimum absolute atomic E-state index is 0.0228. The Balaban J connectivity index is 2.17. The highest BCUT2D eigenvalue weighted by Gasteiger charge is 2.20. The lowest BCUT2D eigenvalue weighted by molar-refractivity contribution is -0.148. The van der Waals surface area contributed by atoms with Gasteiger partial charge in [0.15, 0.2) is 0 Å². The van der Waals surface area contributed by atoms with Gasteiger partial charge in [0, 0.05) is 6.42 Å². The number of hydrogen-bond donors (Lipinski definition) is 1. The van der Waals surface area contributed by atoms with E-state index < -0.39 is 16.1 Å². The fourth-order valence-corrected chi connectivity index (χ4v) is 3.27. The summed E-state index contributed by atoms with van der Waals surface area (Å²) in [5.41, 5.74) is 2.80. The Bertz CT molecular complexity index is 812. The van der Waals surface area contributed by atoms with Crippen LogP contribution in [0.15, 0.2) is 53.4 Å². The van der Waals surface area contributed by atoms with Gasteiger partial charge < -0.3 is 4.74 Å². The van der Waals surface area contributed by atoms with Crippen LogP contribution in [0.1, 0.15) is 36.1 Å². The molecule has 0 saturated heterocycles. The summed E-state index contributed by atoms with van der Waals surface area (Å²) >= 11 is 0. The van der Waals surface area contributed by atoms with Crippen molar-refractivity contribution in [3.8, 4) is 0 Å². The number of ether oxygens (including phenoxy) is 1. The zero-order valence-corrected chi connectivity index (χ0v) is 15.5. The zero-order chi connectivity index (χ0) is 18.4. The van der Waals surface area contributed by atoms with Crippen molar-refractivity contribution < 1.29 is 17.9 Å². The van der Waals surface area contributed by atoms with Gasteiger partial charge >= 0.3 is 5.97 Å². The van der Waals surface area contributed by atoms with Gasteiger partial charge in [-0.1, -0.05) is 54.4 Å². The smallest absolute Gasteiger partial charge is 0.306 e. The molecule has 0 heterocycles. The molecule has 0 aliphatic heterocycles. The van der Waals surface area contributed by atoms with E-state index in [1.807, 2.05) is 38.1 Å². The molecule has 25 heavy (non-hydrogen) atoms. The largest absolute Gasteiger partial charge is 0.456 e. The molecule has 0 aromatic heterocycles. The Labute approximate surface area is 149 Å². The fraction of sp³-hybridized carbons (Fsp3) is 0.316. The highest BCUT2D eigenvalue weighted by atomic mass is 32.2. The number of aryl methyl sites for hydroxylation is 2. The number of carbonyl (C=O) groups excluding carboxylic acids is 1. The number of carbonyl (C=O) groups is 1. The van der Waals surface area contributed by atoms with Gasteiger partial charge in [-0.15, -0.1) is 0 Å². The maximum atomic E-state index is 12.4. The third kappa shape index (κ3) is 5.41. The van der Waals surface area contributed by atoms with Crippen molar-refractivity contribution in [2.45, 2.75) is 38.2 Å². The molecular weight excluding hydrogens is 338 g/mol. The third-order valence-electron chi connectivity index (χ3n) is 3.80. The Hall–Kier alpha value is -2.18. The van der Waals surface area contributed by atoms with Crippen molar-refractivity contribution in [1.82, 2.24) is 4.72 Å². The van der Waals surface area contributed by atoms with Gasteiger partial charge in [0.25, 0.3) is 0 Å². The molecule has 1 N–H and O–H groups in total. The second kappa shape index (κ2) is 8.27. The van der Waals surface area contributed by atoms with E-state index in [1.165, 1.54) is 0 Å². The molecule has 0 radical (unpaired) electrons. The van der Waals surface area contributed by atoms with E-state index in [-0.39, 0.29) is 23.8 Å². The first-order chi connectivity index (χ1) is 11.8.